The van der Waals surface area contributed by atoms with Crippen LogP contribution in [0.3, 0.4) is 0 Å². The molecule has 0 spiro atoms. The number of rotatable bonds is 6. The van der Waals surface area contributed by atoms with Crippen molar-refractivity contribution in [1.29, 1.82) is 0 Å². The van der Waals surface area contributed by atoms with Crippen molar-refractivity contribution in [1.82, 2.24) is 15.0 Å². The molecule has 0 saturated carbocycles. The molecule has 1 saturated heterocycles. The second-order valence-electron chi connectivity index (χ2n) is 5.89. The summed E-state index contributed by atoms with van der Waals surface area (Å²) < 4.78 is 11.0. The summed E-state index contributed by atoms with van der Waals surface area (Å²) >= 11 is 0. The van der Waals surface area contributed by atoms with Crippen LogP contribution in [0.15, 0.2) is 4.52 Å². The second-order valence-corrected chi connectivity index (χ2v) is 5.89. The highest BCUT2D eigenvalue weighted by Gasteiger charge is 2.27. The molecule has 0 bridgehead atoms. The monoisotopic (exact) mass is 282 g/mol. The van der Waals surface area contributed by atoms with Crippen LogP contribution in [0.4, 0.5) is 0 Å². The van der Waals surface area contributed by atoms with Crippen LogP contribution >= 0.6 is 0 Å². The summed E-state index contributed by atoms with van der Waals surface area (Å²) in [5, 5.41) is 4.05. The molecule has 2 atom stereocenters. The highest BCUT2D eigenvalue weighted by Crippen LogP contribution is 2.23. The zero-order chi connectivity index (χ0) is 14.5. The van der Waals surface area contributed by atoms with Gasteiger partial charge in [-0.1, -0.05) is 25.9 Å². The molecule has 2 heterocycles. The Kier molecular flexibility index (Phi) is 5.51. The largest absolute Gasteiger partial charge is 0.367 e. The van der Waals surface area contributed by atoms with Gasteiger partial charge in [0.2, 0.25) is 11.7 Å². The molecule has 20 heavy (non-hydrogen) atoms. The normalized spacial score (nSPS) is 22.4. The van der Waals surface area contributed by atoms with Crippen LogP contribution in [0.2, 0.25) is 0 Å². The van der Waals surface area contributed by atoms with Gasteiger partial charge in [-0.2, -0.15) is 4.98 Å². The topological polar surface area (TPSA) is 77.4 Å². The quantitative estimate of drug-likeness (QED) is 0.858. The Morgan fingerprint density at radius 2 is 2.25 bits per heavy atom. The van der Waals surface area contributed by atoms with Gasteiger partial charge in [-0.05, 0) is 25.3 Å². The highest BCUT2D eigenvalue weighted by atomic mass is 16.5. The van der Waals surface area contributed by atoms with E-state index in [2.05, 4.69) is 35.8 Å². The summed E-state index contributed by atoms with van der Waals surface area (Å²) in [5.74, 6) is 1.65. The van der Waals surface area contributed by atoms with Crippen molar-refractivity contribution in [2.24, 2.45) is 11.7 Å². The van der Waals surface area contributed by atoms with Gasteiger partial charge in [-0.15, -0.1) is 0 Å². The molecule has 6 nitrogen and oxygen atoms in total. The lowest BCUT2D eigenvalue weighted by Crippen LogP contribution is -2.39. The highest BCUT2D eigenvalue weighted by molar-refractivity contribution is 4.97. The number of nitrogens with two attached hydrogens (primary N) is 1. The average molecular weight is 282 g/mol. The molecule has 0 amide bonds. The van der Waals surface area contributed by atoms with Crippen LogP contribution in [0.25, 0.3) is 0 Å². The minimum Gasteiger partial charge on any atom is -0.367 e. The predicted octanol–water partition coefficient (Wildman–Crippen LogP) is 1.90. The summed E-state index contributed by atoms with van der Waals surface area (Å²) in [4.78, 5) is 6.80. The SMILES string of the molecule is CCCN1CCOC(c2noc([C@H](N)CC(C)C)n2)C1. The van der Waals surface area contributed by atoms with E-state index in [4.69, 9.17) is 15.0 Å². The number of nitrogens with zero attached hydrogens (tertiary/aromatic N) is 3. The third-order valence-corrected chi connectivity index (χ3v) is 3.48. The Morgan fingerprint density at radius 3 is 2.95 bits per heavy atom. The van der Waals surface area contributed by atoms with Crippen molar-refractivity contribution >= 4 is 0 Å². The Labute approximate surface area is 120 Å². The third kappa shape index (κ3) is 4.01. The molecule has 6 heteroatoms. The number of aromatic nitrogens is 2. The fourth-order valence-corrected chi connectivity index (χ4v) is 2.52. The van der Waals surface area contributed by atoms with Crippen LogP contribution in [-0.4, -0.2) is 41.3 Å². The number of ether oxygens (including phenoxy) is 1. The van der Waals surface area contributed by atoms with Gasteiger partial charge in [0.05, 0.1) is 12.6 Å². The van der Waals surface area contributed by atoms with Crippen molar-refractivity contribution in [3.8, 4) is 0 Å². The maximum Gasteiger partial charge on any atom is 0.243 e. The van der Waals surface area contributed by atoms with Gasteiger partial charge in [-0.25, -0.2) is 0 Å². The lowest BCUT2D eigenvalue weighted by molar-refractivity contribution is -0.0350. The van der Waals surface area contributed by atoms with Gasteiger partial charge in [0, 0.05) is 13.1 Å². The van der Waals surface area contributed by atoms with E-state index < -0.39 is 0 Å². The van der Waals surface area contributed by atoms with Gasteiger partial charge >= 0.3 is 0 Å². The lowest BCUT2D eigenvalue weighted by atomic mass is 10.0. The first-order chi connectivity index (χ1) is 9.60. The molecule has 0 radical (unpaired) electrons. The van der Waals surface area contributed by atoms with Gasteiger partial charge in [-0.3, -0.25) is 4.90 Å². The third-order valence-electron chi connectivity index (χ3n) is 3.48. The molecule has 114 valence electrons. The minimum absolute atomic E-state index is 0.0981. The summed E-state index contributed by atoms with van der Waals surface area (Å²) in [7, 11) is 0. The fourth-order valence-electron chi connectivity index (χ4n) is 2.52. The van der Waals surface area contributed by atoms with Crippen molar-refractivity contribution < 1.29 is 9.26 Å². The van der Waals surface area contributed by atoms with Gasteiger partial charge in [0.25, 0.3) is 0 Å². The first-order valence-corrected chi connectivity index (χ1v) is 7.53. The Balaban J connectivity index is 1.97. The molecule has 0 aliphatic carbocycles. The van der Waals surface area contributed by atoms with Crippen LogP contribution in [-0.2, 0) is 4.74 Å². The first-order valence-electron chi connectivity index (χ1n) is 7.53. The molecule has 1 aliphatic rings. The number of hydrogen-bond acceptors (Lipinski definition) is 6. The zero-order valence-corrected chi connectivity index (χ0v) is 12.7. The maximum atomic E-state index is 6.07. The van der Waals surface area contributed by atoms with Crippen molar-refractivity contribution in [2.45, 2.75) is 45.8 Å². The van der Waals surface area contributed by atoms with Gasteiger partial charge in [0.1, 0.15) is 6.10 Å². The summed E-state index contributed by atoms with van der Waals surface area (Å²) in [5.41, 5.74) is 6.07. The van der Waals surface area contributed by atoms with Crippen LogP contribution in [0.5, 0.6) is 0 Å². The zero-order valence-electron chi connectivity index (χ0n) is 12.7. The Morgan fingerprint density at radius 1 is 1.45 bits per heavy atom. The van der Waals surface area contributed by atoms with E-state index in [-0.39, 0.29) is 12.1 Å². The molecule has 1 unspecified atom stereocenters. The first kappa shape index (κ1) is 15.4. The smallest absolute Gasteiger partial charge is 0.243 e. The van der Waals surface area contributed by atoms with E-state index in [1.54, 1.807) is 0 Å². The van der Waals surface area contributed by atoms with Gasteiger partial charge < -0.3 is 15.0 Å². The lowest BCUT2D eigenvalue weighted by Gasteiger charge is -2.30. The summed E-state index contributed by atoms with van der Waals surface area (Å²) in [6.07, 6.45) is 1.89. The number of hydrogen-bond donors (Lipinski definition) is 1. The fraction of sp³-hybridized carbons (Fsp3) is 0.857. The Hall–Kier alpha value is -0.980. The molecule has 2 rings (SSSR count). The summed E-state index contributed by atoms with van der Waals surface area (Å²) in [6.45, 7) is 10.0. The maximum absolute atomic E-state index is 6.07. The molecular formula is C14H26N4O2. The molecule has 1 aliphatic heterocycles. The molecule has 2 N–H and O–H groups in total. The van der Waals surface area contributed by atoms with E-state index in [0.29, 0.717) is 24.2 Å². The minimum atomic E-state index is -0.188. The van der Waals surface area contributed by atoms with E-state index in [9.17, 15) is 0 Å². The van der Waals surface area contributed by atoms with Crippen LogP contribution in [0, 0.1) is 5.92 Å². The van der Waals surface area contributed by atoms with Crippen molar-refractivity contribution in [3.63, 3.8) is 0 Å². The van der Waals surface area contributed by atoms with E-state index in [1.165, 1.54) is 0 Å². The summed E-state index contributed by atoms with van der Waals surface area (Å²) in [6, 6.07) is -0.188. The van der Waals surface area contributed by atoms with Crippen molar-refractivity contribution in [3.05, 3.63) is 11.7 Å². The Bertz CT molecular complexity index is 406. The van der Waals surface area contributed by atoms with Gasteiger partial charge in [0.15, 0.2) is 0 Å². The number of morpholine rings is 1. The van der Waals surface area contributed by atoms with E-state index in [0.717, 1.165) is 32.5 Å². The average Bonchev–Trinajstić information content (AvgIpc) is 2.88. The van der Waals surface area contributed by atoms with Crippen LogP contribution < -0.4 is 5.73 Å². The second kappa shape index (κ2) is 7.15. The molecule has 1 fully saturated rings. The molecule has 1 aromatic heterocycles. The molecular weight excluding hydrogens is 256 g/mol. The molecule has 1 aromatic rings. The molecule has 0 aromatic carbocycles. The van der Waals surface area contributed by atoms with E-state index >= 15 is 0 Å². The predicted molar refractivity (Wildman–Crippen MR) is 76.1 cm³/mol. The van der Waals surface area contributed by atoms with E-state index in [1.807, 2.05) is 0 Å². The standard InChI is InChI=1S/C14H26N4O2/c1-4-5-18-6-7-19-12(9-18)13-16-14(20-17-13)11(15)8-10(2)3/h10-12H,4-9,15H2,1-3H3/t11-,12?/m1/s1. The van der Waals surface area contributed by atoms with Crippen molar-refractivity contribution in [2.75, 3.05) is 26.2 Å². The van der Waals surface area contributed by atoms with Crippen LogP contribution in [0.1, 0.15) is 57.5 Å².